The van der Waals surface area contributed by atoms with Crippen LogP contribution >= 0.6 is 11.3 Å². The van der Waals surface area contributed by atoms with Crippen LogP contribution in [0.5, 0.6) is 0 Å². The minimum Gasteiger partial charge on any atom is -0.226 e. The van der Waals surface area contributed by atoms with Crippen molar-refractivity contribution in [2.75, 3.05) is 0 Å². The second kappa shape index (κ2) is 11.2. The summed E-state index contributed by atoms with van der Waals surface area (Å²) in [6.45, 7) is 0. The zero-order valence-corrected chi connectivity index (χ0v) is 29.9. The van der Waals surface area contributed by atoms with Crippen LogP contribution in [0.25, 0.3) is 87.1 Å². The van der Waals surface area contributed by atoms with Crippen LogP contribution in [0, 0.1) is 0 Å². The molecule has 1 spiro atoms. The molecule has 0 aliphatic heterocycles. The molecule has 2 aromatic heterocycles. The highest BCUT2D eigenvalue weighted by atomic mass is 32.1. The monoisotopic (exact) mass is 702 g/mol. The summed E-state index contributed by atoms with van der Waals surface area (Å²) in [7, 11) is 0. The van der Waals surface area contributed by atoms with E-state index in [0.29, 0.717) is 0 Å². The van der Waals surface area contributed by atoms with E-state index in [0.717, 1.165) is 32.9 Å². The summed E-state index contributed by atoms with van der Waals surface area (Å²) < 4.78 is 2.34. The highest BCUT2D eigenvalue weighted by Gasteiger charge is 2.49. The fraction of sp³-hybridized carbons (Fsp3) is 0.0196. The lowest BCUT2D eigenvalue weighted by Gasteiger charge is -2.35. The Balaban J connectivity index is 1.16. The minimum absolute atomic E-state index is 0.515. The number of benzene rings is 8. The zero-order valence-electron chi connectivity index (χ0n) is 29.1. The van der Waals surface area contributed by atoms with E-state index in [-0.39, 0.29) is 0 Å². The van der Waals surface area contributed by atoms with Crippen molar-refractivity contribution in [3.05, 3.63) is 204 Å². The Morgan fingerprint density at radius 1 is 0.389 bits per heavy atom. The normalized spacial score (nSPS) is 13.3. The van der Waals surface area contributed by atoms with Crippen LogP contribution in [-0.2, 0) is 5.41 Å². The lowest BCUT2D eigenvalue weighted by atomic mass is 9.66. The third kappa shape index (κ3) is 3.94. The van der Waals surface area contributed by atoms with Gasteiger partial charge in [0.25, 0.3) is 0 Å². The van der Waals surface area contributed by atoms with Gasteiger partial charge < -0.3 is 0 Å². The molecule has 0 bridgehead atoms. The van der Waals surface area contributed by atoms with E-state index in [9.17, 15) is 0 Å². The van der Waals surface area contributed by atoms with Gasteiger partial charge in [-0.05, 0) is 78.5 Å². The number of hydrogen-bond acceptors (Lipinski definition) is 3. The van der Waals surface area contributed by atoms with Crippen LogP contribution in [-0.4, -0.2) is 9.97 Å². The molecule has 54 heavy (non-hydrogen) atoms. The lowest BCUT2D eigenvalue weighted by molar-refractivity contribution is 0.775. The Bertz CT molecular complexity index is 3120. The second-order valence-electron chi connectivity index (χ2n) is 14.4. The van der Waals surface area contributed by atoms with E-state index in [4.69, 9.17) is 9.97 Å². The number of fused-ring (bicyclic) bond motifs is 16. The quantitative estimate of drug-likeness (QED) is 0.179. The molecule has 0 radical (unpaired) electrons. The number of nitrogens with zero attached hydrogens (tertiary/aromatic N) is 2. The maximum Gasteiger partial charge on any atom is 0.160 e. The Morgan fingerprint density at radius 2 is 0.907 bits per heavy atom. The first-order chi connectivity index (χ1) is 26.8. The van der Waals surface area contributed by atoms with E-state index >= 15 is 0 Å². The smallest absolute Gasteiger partial charge is 0.160 e. The van der Waals surface area contributed by atoms with Gasteiger partial charge in [-0.1, -0.05) is 170 Å². The Kier molecular flexibility index (Phi) is 6.17. The molecule has 10 aromatic rings. The van der Waals surface area contributed by atoms with E-state index in [1.54, 1.807) is 11.3 Å². The predicted molar refractivity (Wildman–Crippen MR) is 225 cm³/mol. The first kappa shape index (κ1) is 29.9. The van der Waals surface area contributed by atoms with E-state index in [2.05, 4.69) is 182 Å². The highest BCUT2D eigenvalue weighted by molar-refractivity contribution is 7.26. The summed E-state index contributed by atoms with van der Waals surface area (Å²) in [4.78, 5) is 10.9. The average Bonchev–Trinajstić information content (AvgIpc) is 3.73. The first-order valence-corrected chi connectivity index (χ1v) is 19.3. The van der Waals surface area contributed by atoms with Crippen molar-refractivity contribution in [3.8, 4) is 56.0 Å². The maximum absolute atomic E-state index is 5.49. The van der Waals surface area contributed by atoms with Gasteiger partial charge in [0, 0.05) is 21.2 Å². The standard InChI is InChI=1S/C51H30N2S/c1-2-16-33-31(14-1)15-13-23-39(33)47-49-48(40-22-8-12-27-46(40)54-49)53-50(52-47)32-28-29-45-41(30-32)38-21-7-11-26-44(38)51(45)42-24-9-5-19-36(42)34-17-3-4-18-35(34)37-20-6-10-25-43(37)51/h1-30H. The van der Waals surface area contributed by atoms with Gasteiger partial charge in [0.1, 0.15) is 0 Å². The van der Waals surface area contributed by atoms with Gasteiger partial charge >= 0.3 is 0 Å². The van der Waals surface area contributed by atoms with Crippen molar-refractivity contribution in [1.29, 1.82) is 0 Å². The molecule has 2 nitrogen and oxygen atoms in total. The van der Waals surface area contributed by atoms with Crippen LogP contribution in [0.1, 0.15) is 22.3 Å². The molecule has 0 saturated carbocycles. The van der Waals surface area contributed by atoms with Crippen molar-refractivity contribution >= 4 is 42.4 Å². The van der Waals surface area contributed by atoms with Crippen molar-refractivity contribution in [3.63, 3.8) is 0 Å². The maximum atomic E-state index is 5.49. The zero-order chi connectivity index (χ0) is 35.4. The summed E-state index contributed by atoms with van der Waals surface area (Å²) in [6, 6.07) is 66.7. The van der Waals surface area contributed by atoms with Gasteiger partial charge in [-0.15, -0.1) is 11.3 Å². The summed E-state index contributed by atoms with van der Waals surface area (Å²) in [6.07, 6.45) is 0. The minimum atomic E-state index is -0.515. The largest absolute Gasteiger partial charge is 0.226 e. The van der Waals surface area contributed by atoms with Gasteiger partial charge in [-0.3, -0.25) is 0 Å². The highest BCUT2D eigenvalue weighted by Crippen LogP contribution is 2.61. The van der Waals surface area contributed by atoms with Gasteiger partial charge in [0.15, 0.2) is 5.82 Å². The molecule has 2 heterocycles. The molecule has 0 unspecified atom stereocenters. The number of hydrogen-bond donors (Lipinski definition) is 0. The van der Waals surface area contributed by atoms with E-state index in [1.165, 1.54) is 76.5 Å². The van der Waals surface area contributed by atoms with Crippen LogP contribution in [0.4, 0.5) is 0 Å². The SMILES string of the molecule is c1ccc2c(c1)-c1ccccc1C1(c3ccccc3-2)c2ccccc2-c2cc(-c3nc(-c4cccc5ccccc45)c4sc5ccccc5c4n3)ccc21. The molecule has 3 heteroatoms. The van der Waals surface area contributed by atoms with E-state index in [1.807, 2.05) is 0 Å². The van der Waals surface area contributed by atoms with Crippen LogP contribution in [0.2, 0.25) is 0 Å². The third-order valence-electron chi connectivity index (χ3n) is 11.7. The molecule has 0 fully saturated rings. The summed E-state index contributed by atoms with van der Waals surface area (Å²) in [5, 5.41) is 3.56. The van der Waals surface area contributed by atoms with Gasteiger partial charge in [-0.2, -0.15) is 0 Å². The number of rotatable bonds is 2. The molecule has 250 valence electrons. The van der Waals surface area contributed by atoms with E-state index < -0.39 is 5.41 Å². The van der Waals surface area contributed by atoms with Crippen molar-refractivity contribution in [2.45, 2.75) is 5.41 Å². The van der Waals surface area contributed by atoms with Crippen molar-refractivity contribution in [1.82, 2.24) is 9.97 Å². The molecule has 0 N–H and O–H groups in total. The molecule has 8 aromatic carbocycles. The molecule has 0 atom stereocenters. The molecule has 0 saturated heterocycles. The lowest BCUT2D eigenvalue weighted by Crippen LogP contribution is -2.29. The number of aromatic nitrogens is 2. The predicted octanol–water partition coefficient (Wildman–Crippen LogP) is 13.3. The topological polar surface area (TPSA) is 25.8 Å². The number of thiophene rings is 1. The molecule has 2 aliphatic carbocycles. The molecule has 2 aliphatic rings. The summed E-state index contributed by atoms with van der Waals surface area (Å²) in [5.41, 5.74) is 16.4. The first-order valence-electron chi connectivity index (χ1n) is 18.5. The van der Waals surface area contributed by atoms with Crippen molar-refractivity contribution < 1.29 is 0 Å². The fourth-order valence-corrected chi connectivity index (χ4v) is 10.7. The summed E-state index contributed by atoms with van der Waals surface area (Å²) >= 11 is 1.78. The summed E-state index contributed by atoms with van der Waals surface area (Å²) in [5.74, 6) is 0.740. The van der Waals surface area contributed by atoms with Crippen LogP contribution in [0.3, 0.4) is 0 Å². The van der Waals surface area contributed by atoms with Gasteiger partial charge in [0.05, 0.1) is 21.3 Å². The van der Waals surface area contributed by atoms with Crippen LogP contribution in [0.15, 0.2) is 182 Å². The Morgan fingerprint density at radius 3 is 1.61 bits per heavy atom. The Hall–Kier alpha value is -6.68. The second-order valence-corrected chi connectivity index (χ2v) is 15.4. The molecular weight excluding hydrogens is 673 g/mol. The Labute approximate surface area is 316 Å². The van der Waals surface area contributed by atoms with Gasteiger partial charge in [-0.25, -0.2) is 9.97 Å². The van der Waals surface area contributed by atoms with Crippen LogP contribution < -0.4 is 0 Å². The van der Waals surface area contributed by atoms with Crippen molar-refractivity contribution in [2.24, 2.45) is 0 Å². The third-order valence-corrected chi connectivity index (χ3v) is 12.9. The van der Waals surface area contributed by atoms with Gasteiger partial charge in [0.2, 0.25) is 0 Å². The molecule has 0 amide bonds. The average molecular weight is 703 g/mol. The fourth-order valence-electron chi connectivity index (χ4n) is 9.53. The molecular formula is C51H30N2S. The molecule has 12 rings (SSSR count).